The van der Waals surface area contributed by atoms with Gasteiger partial charge in [0.05, 0.1) is 5.41 Å². The molecule has 1 aliphatic rings. The molecule has 0 aromatic heterocycles. The minimum Gasteiger partial charge on any atom is -0.481 e. The van der Waals surface area contributed by atoms with Crippen molar-refractivity contribution >= 4 is 21.9 Å². The lowest BCUT2D eigenvalue weighted by atomic mass is 9.77. The van der Waals surface area contributed by atoms with Crippen LogP contribution in [0.25, 0.3) is 0 Å². The molecular weight excluding hydrogens is 268 g/mol. The Morgan fingerprint density at radius 3 is 2.62 bits per heavy atom. The largest absolute Gasteiger partial charge is 0.481 e. The van der Waals surface area contributed by atoms with Crippen LogP contribution in [0.3, 0.4) is 0 Å². The molecule has 0 heterocycles. The predicted octanol–water partition coefficient (Wildman–Crippen LogP) is 3.27. The normalized spacial score (nSPS) is 19.6. The van der Waals surface area contributed by atoms with E-state index in [2.05, 4.69) is 28.1 Å². The Labute approximate surface area is 104 Å². The van der Waals surface area contributed by atoms with Crippen LogP contribution in [0.15, 0.2) is 22.7 Å². The van der Waals surface area contributed by atoms with Gasteiger partial charge in [0.15, 0.2) is 0 Å². The van der Waals surface area contributed by atoms with E-state index in [1.807, 2.05) is 19.9 Å². The number of aliphatic carboxylic acids is 1. The van der Waals surface area contributed by atoms with Gasteiger partial charge in [0.2, 0.25) is 0 Å². The van der Waals surface area contributed by atoms with Crippen molar-refractivity contribution in [2.45, 2.75) is 26.7 Å². The molecule has 0 saturated carbocycles. The van der Waals surface area contributed by atoms with Gasteiger partial charge in [0, 0.05) is 4.47 Å². The van der Waals surface area contributed by atoms with Gasteiger partial charge in [-0.15, -0.1) is 0 Å². The topological polar surface area (TPSA) is 37.3 Å². The summed E-state index contributed by atoms with van der Waals surface area (Å²) in [6, 6.07) is 6.22. The zero-order chi connectivity index (χ0) is 11.9. The third-order valence-corrected chi connectivity index (χ3v) is 4.17. The average Bonchev–Trinajstić information content (AvgIpc) is 2.60. The van der Waals surface area contributed by atoms with Crippen molar-refractivity contribution in [3.8, 4) is 0 Å². The molecule has 0 bridgehead atoms. The molecule has 1 aromatic carbocycles. The number of hydrogen-bond acceptors (Lipinski definition) is 1. The highest BCUT2D eigenvalue weighted by molar-refractivity contribution is 9.10. The van der Waals surface area contributed by atoms with Gasteiger partial charge in [-0.1, -0.05) is 22.0 Å². The SMILES string of the molecule is CC(C)(C(=O)O)C1Cc2ccc(Br)cc2C1. The molecule has 1 N–H and O–H groups in total. The molecule has 1 atom stereocenters. The van der Waals surface area contributed by atoms with E-state index in [1.165, 1.54) is 11.1 Å². The van der Waals surface area contributed by atoms with E-state index in [4.69, 9.17) is 0 Å². The fourth-order valence-electron chi connectivity index (χ4n) is 2.27. The summed E-state index contributed by atoms with van der Waals surface area (Å²) in [4.78, 5) is 11.2. The summed E-state index contributed by atoms with van der Waals surface area (Å²) in [5.74, 6) is -0.501. The Balaban J connectivity index is 2.26. The van der Waals surface area contributed by atoms with Crippen LogP contribution >= 0.6 is 15.9 Å². The summed E-state index contributed by atoms with van der Waals surface area (Å²) < 4.78 is 1.07. The Kier molecular flexibility index (Phi) is 2.82. The molecule has 1 aromatic rings. The standard InChI is InChI=1S/C13H15BrO2/c1-13(2,12(15)16)10-5-8-3-4-11(14)7-9(8)6-10/h3-4,7,10H,5-6H2,1-2H3,(H,15,16). The molecule has 3 heteroatoms. The third-order valence-electron chi connectivity index (χ3n) is 3.67. The Morgan fingerprint density at radius 1 is 1.38 bits per heavy atom. The summed E-state index contributed by atoms with van der Waals surface area (Å²) in [7, 11) is 0. The number of carboxylic acid groups (broad SMARTS) is 1. The smallest absolute Gasteiger partial charge is 0.309 e. The van der Waals surface area contributed by atoms with Crippen LogP contribution in [0.1, 0.15) is 25.0 Å². The van der Waals surface area contributed by atoms with Gasteiger partial charge in [-0.2, -0.15) is 0 Å². The molecule has 2 nitrogen and oxygen atoms in total. The number of rotatable bonds is 2. The molecule has 16 heavy (non-hydrogen) atoms. The average molecular weight is 283 g/mol. The van der Waals surface area contributed by atoms with E-state index < -0.39 is 11.4 Å². The van der Waals surface area contributed by atoms with Crippen molar-refractivity contribution in [3.05, 3.63) is 33.8 Å². The van der Waals surface area contributed by atoms with Crippen LogP contribution in [-0.4, -0.2) is 11.1 Å². The molecule has 2 rings (SSSR count). The number of carbonyl (C=O) groups is 1. The second-order valence-electron chi connectivity index (χ2n) is 5.05. The molecular formula is C13H15BrO2. The first-order valence-corrected chi connectivity index (χ1v) is 6.21. The van der Waals surface area contributed by atoms with Crippen LogP contribution in [-0.2, 0) is 17.6 Å². The van der Waals surface area contributed by atoms with E-state index in [0.717, 1.165) is 17.3 Å². The van der Waals surface area contributed by atoms with Crippen LogP contribution < -0.4 is 0 Å². The van der Waals surface area contributed by atoms with Crippen LogP contribution in [0.4, 0.5) is 0 Å². The zero-order valence-corrected chi connectivity index (χ0v) is 11.0. The fraction of sp³-hybridized carbons (Fsp3) is 0.462. The number of carboxylic acids is 1. The Hall–Kier alpha value is -0.830. The molecule has 0 radical (unpaired) electrons. The van der Waals surface area contributed by atoms with Crippen molar-refractivity contribution in [3.63, 3.8) is 0 Å². The molecule has 1 aliphatic carbocycles. The molecule has 0 saturated heterocycles. The van der Waals surface area contributed by atoms with Gasteiger partial charge in [-0.3, -0.25) is 4.79 Å². The maximum Gasteiger partial charge on any atom is 0.309 e. The van der Waals surface area contributed by atoms with Gasteiger partial charge in [0.1, 0.15) is 0 Å². The summed E-state index contributed by atoms with van der Waals surface area (Å²) in [5.41, 5.74) is 1.93. The summed E-state index contributed by atoms with van der Waals surface area (Å²) in [6.07, 6.45) is 1.75. The number of fused-ring (bicyclic) bond motifs is 1. The van der Waals surface area contributed by atoms with Gasteiger partial charge in [-0.05, 0) is 55.9 Å². The van der Waals surface area contributed by atoms with Crippen molar-refractivity contribution < 1.29 is 9.90 Å². The highest BCUT2D eigenvalue weighted by Gasteiger charge is 2.39. The maximum absolute atomic E-state index is 11.2. The van der Waals surface area contributed by atoms with Gasteiger partial charge < -0.3 is 5.11 Å². The van der Waals surface area contributed by atoms with Crippen molar-refractivity contribution in [2.24, 2.45) is 11.3 Å². The maximum atomic E-state index is 11.2. The lowest BCUT2D eigenvalue weighted by molar-refractivity contribution is -0.149. The summed E-state index contributed by atoms with van der Waals surface area (Å²) >= 11 is 3.45. The third kappa shape index (κ3) is 1.88. The minimum absolute atomic E-state index is 0.203. The zero-order valence-electron chi connectivity index (χ0n) is 9.46. The molecule has 0 aliphatic heterocycles. The van der Waals surface area contributed by atoms with E-state index in [0.29, 0.717) is 0 Å². The predicted molar refractivity (Wildman–Crippen MR) is 66.5 cm³/mol. The molecule has 0 amide bonds. The van der Waals surface area contributed by atoms with Gasteiger partial charge in [0.25, 0.3) is 0 Å². The van der Waals surface area contributed by atoms with Crippen molar-refractivity contribution in [1.29, 1.82) is 0 Å². The highest BCUT2D eigenvalue weighted by Crippen LogP contribution is 2.39. The number of halogens is 1. The van der Waals surface area contributed by atoms with Gasteiger partial charge in [-0.25, -0.2) is 0 Å². The second kappa shape index (κ2) is 3.88. The lowest BCUT2D eigenvalue weighted by Gasteiger charge is -2.26. The lowest BCUT2D eigenvalue weighted by Crippen LogP contribution is -2.33. The first-order valence-electron chi connectivity index (χ1n) is 5.42. The van der Waals surface area contributed by atoms with E-state index in [9.17, 15) is 9.90 Å². The van der Waals surface area contributed by atoms with E-state index in [1.54, 1.807) is 0 Å². The van der Waals surface area contributed by atoms with E-state index in [-0.39, 0.29) is 5.92 Å². The summed E-state index contributed by atoms with van der Waals surface area (Å²) in [6.45, 7) is 3.64. The first-order chi connectivity index (χ1) is 7.41. The second-order valence-corrected chi connectivity index (χ2v) is 5.96. The van der Waals surface area contributed by atoms with E-state index >= 15 is 0 Å². The molecule has 0 spiro atoms. The minimum atomic E-state index is -0.704. The monoisotopic (exact) mass is 282 g/mol. The van der Waals surface area contributed by atoms with Crippen LogP contribution in [0, 0.1) is 11.3 Å². The van der Waals surface area contributed by atoms with Crippen molar-refractivity contribution in [1.82, 2.24) is 0 Å². The fourth-order valence-corrected chi connectivity index (χ4v) is 2.68. The molecule has 86 valence electrons. The molecule has 1 unspecified atom stereocenters. The summed E-state index contributed by atoms with van der Waals surface area (Å²) in [5, 5.41) is 9.23. The Bertz CT molecular complexity index is 438. The van der Waals surface area contributed by atoms with Crippen LogP contribution in [0.2, 0.25) is 0 Å². The number of hydrogen-bond donors (Lipinski definition) is 1. The first kappa shape index (κ1) is 11.6. The number of benzene rings is 1. The molecule has 0 fully saturated rings. The highest BCUT2D eigenvalue weighted by atomic mass is 79.9. The van der Waals surface area contributed by atoms with Gasteiger partial charge >= 0.3 is 5.97 Å². The van der Waals surface area contributed by atoms with Crippen molar-refractivity contribution in [2.75, 3.05) is 0 Å². The van der Waals surface area contributed by atoms with Crippen LogP contribution in [0.5, 0.6) is 0 Å². The Morgan fingerprint density at radius 2 is 2.00 bits per heavy atom. The quantitative estimate of drug-likeness (QED) is 0.904.